The summed E-state index contributed by atoms with van der Waals surface area (Å²) in [6, 6.07) is 28.1. The first-order chi connectivity index (χ1) is 20.2. The van der Waals surface area contributed by atoms with Gasteiger partial charge in [-0.15, -0.1) is 0 Å². The van der Waals surface area contributed by atoms with Crippen molar-refractivity contribution in [1.29, 1.82) is 0 Å². The second kappa shape index (κ2) is 11.2. The van der Waals surface area contributed by atoms with E-state index in [0.29, 0.717) is 23.5 Å². The van der Waals surface area contributed by atoms with Crippen LogP contribution in [0.4, 0.5) is 0 Å². The van der Waals surface area contributed by atoms with Crippen LogP contribution in [0.1, 0.15) is 75.6 Å². The van der Waals surface area contributed by atoms with Crippen molar-refractivity contribution in [2.45, 2.75) is 66.7 Å². The minimum Gasteiger partial charge on any atom is -0.437 e. The smallest absolute Gasteiger partial charge is 0.227 e. The molecule has 3 heteroatoms. The molecule has 0 aliphatic carbocycles. The van der Waals surface area contributed by atoms with E-state index in [1.165, 1.54) is 38.9 Å². The van der Waals surface area contributed by atoms with Crippen LogP contribution in [-0.2, 0) is 6.42 Å². The van der Waals surface area contributed by atoms with Crippen LogP contribution in [0.15, 0.2) is 89.5 Å². The predicted octanol–water partition coefficient (Wildman–Crippen LogP) is 11.1. The van der Waals surface area contributed by atoms with Gasteiger partial charge in [-0.1, -0.05) is 96.1 Å². The molecular weight excluding hydrogens is 512 g/mol. The Kier molecular flexibility index (Phi) is 7.45. The van der Waals surface area contributed by atoms with Crippen molar-refractivity contribution in [3.8, 4) is 33.6 Å². The molecule has 0 N–H and O–H groups in total. The molecule has 3 nitrogen and oxygen atoms in total. The number of rotatable bonds is 7. The zero-order valence-electron chi connectivity index (χ0n) is 25.8. The molecular formula is C39H40N2O. The highest BCUT2D eigenvalue weighted by Crippen LogP contribution is 2.43. The lowest BCUT2D eigenvalue weighted by atomic mass is 9.82. The molecule has 0 saturated carbocycles. The van der Waals surface area contributed by atoms with Crippen LogP contribution < -0.4 is 0 Å². The van der Waals surface area contributed by atoms with E-state index in [4.69, 9.17) is 14.4 Å². The molecule has 212 valence electrons. The van der Waals surface area contributed by atoms with Crippen molar-refractivity contribution < 1.29 is 4.42 Å². The van der Waals surface area contributed by atoms with Crippen LogP contribution in [0, 0.1) is 12.8 Å². The fourth-order valence-electron chi connectivity index (χ4n) is 6.28. The summed E-state index contributed by atoms with van der Waals surface area (Å²) in [5, 5.41) is 2.10. The number of furan rings is 1. The summed E-state index contributed by atoms with van der Waals surface area (Å²) in [5.41, 5.74) is 13.3. The molecule has 3 heterocycles. The Morgan fingerprint density at radius 1 is 0.714 bits per heavy atom. The molecule has 42 heavy (non-hydrogen) atoms. The average Bonchev–Trinajstić information content (AvgIpc) is 3.35. The topological polar surface area (TPSA) is 38.9 Å². The quantitative estimate of drug-likeness (QED) is 0.198. The first-order valence-corrected chi connectivity index (χ1v) is 15.2. The zero-order valence-corrected chi connectivity index (χ0v) is 25.8. The SMILES string of the molecule is Cc1cc(-c2cccc3c2oc2nc(-c4c(C(C)C)ccc(-c5ccccc5)c4C(C)C)ccc23)ncc1CC(C)C. The lowest BCUT2D eigenvalue weighted by Gasteiger charge is -2.23. The number of hydrogen-bond acceptors (Lipinski definition) is 3. The molecule has 0 aliphatic heterocycles. The highest BCUT2D eigenvalue weighted by Gasteiger charge is 2.22. The number of hydrogen-bond donors (Lipinski definition) is 0. The van der Waals surface area contributed by atoms with Gasteiger partial charge in [-0.25, -0.2) is 4.98 Å². The van der Waals surface area contributed by atoms with Gasteiger partial charge in [-0.05, 0) is 88.7 Å². The number of aryl methyl sites for hydroxylation is 1. The zero-order chi connectivity index (χ0) is 29.5. The largest absolute Gasteiger partial charge is 0.437 e. The summed E-state index contributed by atoms with van der Waals surface area (Å²) in [4.78, 5) is 10.1. The van der Waals surface area contributed by atoms with Crippen molar-refractivity contribution in [2.24, 2.45) is 5.92 Å². The highest BCUT2D eigenvalue weighted by atomic mass is 16.3. The Hall–Kier alpha value is -4.24. The lowest BCUT2D eigenvalue weighted by Crippen LogP contribution is -2.03. The number of nitrogens with zero attached hydrogens (tertiary/aromatic N) is 2. The molecule has 0 unspecified atom stereocenters. The summed E-state index contributed by atoms with van der Waals surface area (Å²) in [5.74, 6) is 1.27. The van der Waals surface area contributed by atoms with Gasteiger partial charge >= 0.3 is 0 Å². The van der Waals surface area contributed by atoms with E-state index in [0.717, 1.165) is 39.7 Å². The monoisotopic (exact) mass is 552 g/mol. The van der Waals surface area contributed by atoms with Crippen LogP contribution in [-0.4, -0.2) is 9.97 Å². The minimum absolute atomic E-state index is 0.321. The molecule has 0 spiro atoms. The first-order valence-electron chi connectivity index (χ1n) is 15.2. The van der Waals surface area contributed by atoms with Crippen molar-refractivity contribution in [2.75, 3.05) is 0 Å². The molecule has 0 atom stereocenters. The number of para-hydroxylation sites is 1. The van der Waals surface area contributed by atoms with Crippen molar-refractivity contribution in [1.82, 2.24) is 9.97 Å². The maximum atomic E-state index is 6.60. The third-order valence-electron chi connectivity index (χ3n) is 8.31. The Labute approximate surface area is 249 Å². The standard InChI is InChI=1S/C39H40N2O/c1-23(2)20-28-22-40-35(21-26(28)7)33-15-11-14-31-32-18-19-34(41-39(32)42-38(31)33)37-29(24(3)4)16-17-30(36(37)25(5)6)27-12-9-8-10-13-27/h8-19,21-25H,20H2,1-7H3. The summed E-state index contributed by atoms with van der Waals surface area (Å²) < 4.78 is 6.60. The van der Waals surface area contributed by atoms with E-state index < -0.39 is 0 Å². The number of fused-ring (bicyclic) bond motifs is 3. The van der Waals surface area contributed by atoms with E-state index >= 15 is 0 Å². The maximum Gasteiger partial charge on any atom is 0.227 e. The molecule has 3 aromatic carbocycles. The second-order valence-electron chi connectivity index (χ2n) is 12.6. The van der Waals surface area contributed by atoms with Gasteiger partial charge < -0.3 is 4.42 Å². The fourth-order valence-corrected chi connectivity index (χ4v) is 6.28. The average molecular weight is 553 g/mol. The molecule has 0 aliphatic rings. The Morgan fingerprint density at radius 3 is 2.19 bits per heavy atom. The van der Waals surface area contributed by atoms with Crippen molar-refractivity contribution in [3.63, 3.8) is 0 Å². The number of pyridine rings is 2. The van der Waals surface area contributed by atoms with Gasteiger partial charge in [0.25, 0.3) is 0 Å². The Balaban J connectivity index is 1.54. The van der Waals surface area contributed by atoms with Gasteiger partial charge in [0, 0.05) is 28.1 Å². The summed E-state index contributed by atoms with van der Waals surface area (Å²) >= 11 is 0. The van der Waals surface area contributed by atoms with Crippen LogP contribution in [0.2, 0.25) is 0 Å². The molecule has 0 bridgehead atoms. The summed E-state index contributed by atoms with van der Waals surface area (Å²) in [6.07, 6.45) is 3.06. The molecule has 6 aromatic rings. The van der Waals surface area contributed by atoms with Crippen LogP contribution in [0.3, 0.4) is 0 Å². The molecule has 0 fully saturated rings. The van der Waals surface area contributed by atoms with Crippen LogP contribution in [0.25, 0.3) is 55.7 Å². The molecule has 0 amide bonds. The van der Waals surface area contributed by atoms with E-state index in [-0.39, 0.29) is 0 Å². The first kappa shape index (κ1) is 27.9. The van der Waals surface area contributed by atoms with Gasteiger partial charge in [0.15, 0.2) is 0 Å². The highest BCUT2D eigenvalue weighted by molar-refractivity contribution is 6.08. The third kappa shape index (κ3) is 5.02. The van der Waals surface area contributed by atoms with Crippen molar-refractivity contribution in [3.05, 3.63) is 107 Å². The second-order valence-corrected chi connectivity index (χ2v) is 12.6. The fraction of sp³-hybridized carbons (Fsp3) is 0.282. The van der Waals surface area contributed by atoms with Crippen LogP contribution >= 0.6 is 0 Å². The molecule has 6 rings (SSSR count). The molecule has 0 saturated heterocycles. The molecule has 3 aromatic heterocycles. The number of benzene rings is 3. The Morgan fingerprint density at radius 2 is 1.50 bits per heavy atom. The normalized spacial score (nSPS) is 12.0. The van der Waals surface area contributed by atoms with Gasteiger partial charge in [0.2, 0.25) is 5.71 Å². The van der Waals surface area contributed by atoms with Gasteiger partial charge in [-0.2, -0.15) is 0 Å². The van der Waals surface area contributed by atoms with Gasteiger partial charge in [0.1, 0.15) is 5.58 Å². The summed E-state index contributed by atoms with van der Waals surface area (Å²) in [6.45, 7) is 15.8. The van der Waals surface area contributed by atoms with Gasteiger partial charge in [-0.3, -0.25) is 4.98 Å². The molecule has 0 radical (unpaired) electrons. The van der Waals surface area contributed by atoms with Crippen molar-refractivity contribution >= 4 is 22.1 Å². The van der Waals surface area contributed by atoms with E-state index in [9.17, 15) is 0 Å². The maximum absolute atomic E-state index is 6.60. The number of aromatic nitrogens is 2. The Bertz CT molecular complexity index is 1890. The minimum atomic E-state index is 0.321. The van der Waals surface area contributed by atoms with Gasteiger partial charge in [0.05, 0.1) is 11.4 Å². The third-order valence-corrected chi connectivity index (χ3v) is 8.31. The predicted molar refractivity (Wildman–Crippen MR) is 177 cm³/mol. The van der Waals surface area contributed by atoms with Crippen LogP contribution in [0.5, 0.6) is 0 Å². The van der Waals surface area contributed by atoms with E-state index in [1.54, 1.807) is 0 Å². The lowest BCUT2D eigenvalue weighted by molar-refractivity contribution is 0.643. The van der Waals surface area contributed by atoms with E-state index in [1.807, 2.05) is 6.20 Å². The summed E-state index contributed by atoms with van der Waals surface area (Å²) in [7, 11) is 0. The van der Waals surface area contributed by atoms with E-state index in [2.05, 4.69) is 127 Å².